The molecule has 7 heteroatoms. The minimum Gasteiger partial charge on any atom is -0.356 e. The largest absolute Gasteiger partial charge is 0.356 e. The highest BCUT2D eigenvalue weighted by atomic mass is 32.1. The van der Waals surface area contributed by atoms with Gasteiger partial charge >= 0.3 is 6.03 Å². The van der Waals surface area contributed by atoms with E-state index in [0.29, 0.717) is 6.54 Å². The van der Waals surface area contributed by atoms with E-state index in [-0.39, 0.29) is 24.3 Å². The predicted octanol–water partition coefficient (Wildman–Crippen LogP) is 0.998. The standard InChI is InChI=1S/C14H19N3O3S/c1-9-5-7-21-11(9)4-6-15-12(18)8-10-13(19)17(3)14(20)16(10)2/h5,7,10H,4,6,8H2,1-3H3,(H,15,18)/t10-/m1/s1. The summed E-state index contributed by atoms with van der Waals surface area (Å²) in [7, 11) is 2.97. The number of urea groups is 1. The van der Waals surface area contributed by atoms with Crippen LogP contribution in [0.5, 0.6) is 0 Å². The third-order valence-corrected chi connectivity index (χ3v) is 4.78. The Morgan fingerprint density at radius 2 is 2.10 bits per heavy atom. The second-order valence-corrected chi connectivity index (χ2v) is 6.14. The molecule has 1 aliphatic rings. The van der Waals surface area contributed by atoms with Gasteiger partial charge in [-0.1, -0.05) is 0 Å². The smallest absolute Gasteiger partial charge is 0.326 e. The highest BCUT2D eigenvalue weighted by Crippen LogP contribution is 2.17. The second kappa shape index (κ2) is 6.26. The number of amides is 4. The van der Waals surface area contributed by atoms with Crippen molar-refractivity contribution in [3.63, 3.8) is 0 Å². The molecule has 0 aromatic carbocycles. The fourth-order valence-corrected chi connectivity index (χ4v) is 3.21. The molecular weight excluding hydrogens is 290 g/mol. The van der Waals surface area contributed by atoms with E-state index in [0.717, 1.165) is 11.3 Å². The summed E-state index contributed by atoms with van der Waals surface area (Å²) in [5, 5.41) is 4.83. The summed E-state index contributed by atoms with van der Waals surface area (Å²) in [6.45, 7) is 2.58. The molecule has 1 fully saturated rings. The van der Waals surface area contributed by atoms with E-state index in [1.165, 1.54) is 29.4 Å². The lowest BCUT2D eigenvalue weighted by Crippen LogP contribution is -2.37. The molecule has 4 amide bonds. The summed E-state index contributed by atoms with van der Waals surface area (Å²) in [6.07, 6.45) is 0.789. The number of nitrogens with zero attached hydrogens (tertiary/aromatic N) is 2. The molecule has 0 unspecified atom stereocenters. The maximum atomic E-state index is 11.9. The van der Waals surface area contributed by atoms with E-state index in [1.54, 1.807) is 11.3 Å². The lowest BCUT2D eigenvalue weighted by Gasteiger charge is -2.15. The Morgan fingerprint density at radius 1 is 1.38 bits per heavy atom. The fourth-order valence-electron chi connectivity index (χ4n) is 2.30. The van der Waals surface area contributed by atoms with Gasteiger partial charge in [0.05, 0.1) is 6.42 Å². The average Bonchev–Trinajstić information content (AvgIpc) is 2.93. The molecule has 1 aromatic rings. The molecule has 1 atom stereocenters. The zero-order valence-electron chi connectivity index (χ0n) is 12.4. The van der Waals surface area contributed by atoms with Gasteiger partial charge in [0.1, 0.15) is 6.04 Å². The zero-order chi connectivity index (χ0) is 15.6. The first-order valence-electron chi connectivity index (χ1n) is 6.76. The Balaban J connectivity index is 1.81. The third-order valence-electron chi connectivity index (χ3n) is 3.69. The normalized spacial score (nSPS) is 18.5. The number of likely N-dealkylation sites (N-methyl/N-ethyl adjacent to an activating group) is 2. The minimum atomic E-state index is -0.689. The predicted molar refractivity (Wildman–Crippen MR) is 80.1 cm³/mol. The Hall–Kier alpha value is -1.89. The van der Waals surface area contributed by atoms with E-state index in [4.69, 9.17) is 0 Å². The van der Waals surface area contributed by atoms with Crippen LogP contribution in [0.4, 0.5) is 4.79 Å². The van der Waals surface area contributed by atoms with Gasteiger partial charge in [-0.2, -0.15) is 0 Å². The van der Waals surface area contributed by atoms with Crippen molar-refractivity contribution in [2.75, 3.05) is 20.6 Å². The first-order chi connectivity index (χ1) is 9.91. The van der Waals surface area contributed by atoms with Gasteiger partial charge in [-0.25, -0.2) is 4.79 Å². The number of thiophene rings is 1. The molecule has 1 aliphatic heterocycles. The molecule has 1 aromatic heterocycles. The van der Waals surface area contributed by atoms with Crippen LogP contribution in [0.25, 0.3) is 0 Å². The van der Waals surface area contributed by atoms with Crippen molar-refractivity contribution in [2.45, 2.75) is 25.8 Å². The summed E-state index contributed by atoms with van der Waals surface area (Å²) in [5.41, 5.74) is 1.23. The van der Waals surface area contributed by atoms with Gasteiger partial charge in [0.15, 0.2) is 0 Å². The van der Waals surface area contributed by atoms with Crippen LogP contribution in [0.2, 0.25) is 0 Å². The number of hydrogen-bond acceptors (Lipinski definition) is 4. The fraction of sp³-hybridized carbons (Fsp3) is 0.500. The second-order valence-electron chi connectivity index (χ2n) is 5.14. The van der Waals surface area contributed by atoms with Crippen LogP contribution in [0.1, 0.15) is 16.9 Å². The van der Waals surface area contributed by atoms with Crippen molar-refractivity contribution in [3.8, 4) is 0 Å². The SMILES string of the molecule is Cc1ccsc1CCNC(=O)C[C@@H]1C(=O)N(C)C(=O)N1C. The molecule has 21 heavy (non-hydrogen) atoms. The number of imide groups is 1. The molecule has 1 saturated heterocycles. The summed E-state index contributed by atoms with van der Waals surface area (Å²) >= 11 is 1.67. The first-order valence-corrected chi connectivity index (χ1v) is 7.63. The maximum absolute atomic E-state index is 11.9. The van der Waals surface area contributed by atoms with Crippen molar-refractivity contribution in [3.05, 3.63) is 21.9 Å². The Morgan fingerprint density at radius 3 is 2.62 bits per heavy atom. The molecule has 2 heterocycles. The van der Waals surface area contributed by atoms with Gasteiger partial charge in [0.25, 0.3) is 5.91 Å². The van der Waals surface area contributed by atoms with Gasteiger partial charge in [0.2, 0.25) is 5.91 Å². The van der Waals surface area contributed by atoms with Gasteiger partial charge in [0, 0.05) is 25.5 Å². The van der Waals surface area contributed by atoms with Gasteiger partial charge < -0.3 is 10.2 Å². The molecule has 0 saturated carbocycles. The molecule has 0 bridgehead atoms. The highest BCUT2D eigenvalue weighted by Gasteiger charge is 2.41. The number of aryl methyl sites for hydroxylation is 1. The molecule has 6 nitrogen and oxygen atoms in total. The van der Waals surface area contributed by atoms with Gasteiger partial charge in [-0.3, -0.25) is 14.5 Å². The van der Waals surface area contributed by atoms with E-state index < -0.39 is 6.04 Å². The van der Waals surface area contributed by atoms with E-state index in [9.17, 15) is 14.4 Å². The minimum absolute atomic E-state index is 0.00877. The number of nitrogens with one attached hydrogen (secondary N) is 1. The van der Waals surface area contributed by atoms with Crippen LogP contribution in [0.3, 0.4) is 0 Å². The Kier molecular flexibility index (Phi) is 4.62. The lowest BCUT2D eigenvalue weighted by molar-refractivity contribution is -0.131. The first kappa shape index (κ1) is 15.5. The van der Waals surface area contributed by atoms with Crippen molar-refractivity contribution in [1.82, 2.24) is 15.1 Å². The topological polar surface area (TPSA) is 69.7 Å². The number of carbonyl (C=O) groups excluding carboxylic acids is 3. The summed E-state index contributed by atoms with van der Waals surface area (Å²) < 4.78 is 0. The van der Waals surface area contributed by atoms with E-state index in [1.807, 2.05) is 12.3 Å². The van der Waals surface area contributed by atoms with Crippen LogP contribution in [-0.2, 0) is 16.0 Å². The number of carbonyl (C=O) groups is 3. The summed E-state index contributed by atoms with van der Waals surface area (Å²) in [4.78, 5) is 39.0. The van der Waals surface area contributed by atoms with Crippen molar-refractivity contribution < 1.29 is 14.4 Å². The van der Waals surface area contributed by atoms with Crippen LogP contribution >= 0.6 is 11.3 Å². The van der Waals surface area contributed by atoms with Crippen LogP contribution < -0.4 is 5.32 Å². The lowest BCUT2D eigenvalue weighted by atomic mass is 10.2. The Bertz CT molecular complexity index is 570. The zero-order valence-corrected chi connectivity index (χ0v) is 13.2. The Labute approximate surface area is 127 Å². The van der Waals surface area contributed by atoms with Gasteiger partial charge in [-0.05, 0) is 30.4 Å². The average molecular weight is 309 g/mol. The molecule has 2 rings (SSSR count). The summed E-state index contributed by atoms with van der Waals surface area (Å²) in [6, 6.07) is 0.994. The highest BCUT2D eigenvalue weighted by molar-refractivity contribution is 7.10. The van der Waals surface area contributed by atoms with Crippen molar-refractivity contribution >= 4 is 29.2 Å². The molecule has 1 N–H and O–H groups in total. The van der Waals surface area contributed by atoms with Crippen LogP contribution in [0.15, 0.2) is 11.4 Å². The molecule has 0 aliphatic carbocycles. The molecule has 114 valence electrons. The van der Waals surface area contributed by atoms with Crippen molar-refractivity contribution in [2.24, 2.45) is 0 Å². The monoisotopic (exact) mass is 309 g/mol. The van der Waals surface area contributed by atoms with Crippen molar-refractivity contribution in [1.29, 1.82) is 0 Å². The number of hydrogen-bond donors (Lipinski definition) is 1. The van der Waals surface area contributed by atoms with E-state index >= 15 is 0 Å². The van der Waals surface area contributed by atoms with E-state index in [2.05, 4.69) is 11.4 Å². The molecular formula is C14H19N3O3S. The van der Waals surface area contributed by atoms with Crippen LogP contribution in [-0.4, -0.2) is 54.3 Å². The van der Waals surface area contributed by atoms with Crippen LogP contribution in [0, 0.1) is 6.92 Å². The summed E-state index contributed by atoms with van der Waals surface area (Å²) in [5.74, 6) is -0.538. The molecule has 0 radical (unpaired) electrons. The third kappa shape index (κ3) is 3.24. The molecule has 0 spiro atoms. The number of rotatable bonds is 5. The quantitative estimate of drug-likeness (QED) is 0.825. The maximum Gasteiger partial charge on any atom is 0.326 e. The van der Waals surface area contributed by atoms with Gasteiger partial charge in [-0.15, -0.1) is 11.3 Å².